The molecule has 0 aromatic heterocycles. The first-order valence-corrected chi connectivity index (χ1v) is 12.1. The molecule has 0 spiro atoms. The maximum absolute atomic E-state index is 11.2. The zero-order valence-corrected chi connectivity index (χ0v) is 21.2. The molecule has 0 saturated heterocycles. The molecular formula is C29H22INO4. The second kappa shape index (κ2) is 11.1. The van der Waals surface area contributed by atoms with E-state index >= 15 is 0 Å². The number of halogens is 1. The van der Waals surface area contributed by atoms with Crippen molar-refractivity contribution in [3.63, 3.8) is 0 Å². The number of nitriles is 1. The van der Waals surface area contributed by atoms with Crippen LogP contribution in [0.4, 0.5) is 0 Å². The Balaban J connectivity index is 1.64. The normalized spacial score (nSPS) is 11.2. The third-order valence-electron chi connectivity index (χ3n) is 5.38. The number of rotatable bonds is 8. The highest BCUT2D eigenvalue weighted by Gasteiger charge is 2.14. The molecule has 5 nitrogen and oxygen atoms in total. The second-order valence-corrected chi connectivity index (χ2v) is 8.95. The third-order valence-corrected chi connectivity index (χ3v) is 6.18. The minimum absolute atomic E-state index is 0.201. The monoisotopic (exact) mass is 575 g/mol. The Bertz CT molecular complexity index is 1470. The molecule has 0 bridgehead atoms. The molecule has 35 heavy (non-hydrogen) atoms. The highest BCUT2D eigenvalue weighted by molar-refractivity contribution is 14.1. The number of nitrogens with zero attached hydrogens (tertiary/aromatic N) is 1. The van der Waals surface area contributed by atoms with E-state index in [9.17, 15) is 15.2 Å². The number of allylic oxidation sites excluding steroid dienone is 1. The van der Waals surface area contributed by atoms with E-state index in [1.165, 1.54) is 0 Å². The smallest absolute Gasteiger partial charge is 0.335 e. The number of hydrogen-bond acceptors (Lipinski definition) is 4. The van der Waals surface area contributed by atoms with Crippen LogP contribution in [0.1, 0.15) is 34.0 Å². The number of carbonyl (C=O) groups is 1. The lowest BCUT2D eigenvalue weighted by molar-refractivity contribution is 0.0696. The molecule has 6 heteroatoms. The van der Waals surface area contributed by atoms with Gasteiger partial charge in [0.1, 0.15) is 6.61 Å². The van der Waals surface area contributed by atoms with Crippen molar-refractivity contribution >= 4 is 51.0 Å². The first kappa shape index (κ1) is 24.3. The lowest BCUT2D eigenvalue weighted by Gasteiger charge is -2.15. The van der Waals surface area contributed by atoms with Crippen molar-refractivity contribution in [2.75, 3.05) is 6.61 Å². The fourth-order valence-corrected chi connectivity index (χ4v) is 4.51. The van der Waals surface area contributed by atoms with Crippen LogP contribution in [0.3, 0.4) is 0 Å². The Hall–Kier alpha value is -3.83. The molecule has 0 atom stereocenters. The molecule has 0 saturated carbocycles. The molecule has 0 heterocycles. The molecule has 0 aliphatic heterocycles. The summed E-state index contributed by atoms with van der Waals surface area (Å²) in [4.78, 5) is 11.2. The number of aromatic carboxylic acids is 1. The van der Waals surface area contributed by atoms with Crippen LogP contribution in [0.25, 0.3) is 22.4 Å². The number of fused-ring (bicyclic) bond motifs is 1. The second-order valence-electron chi connectivity index (χ2n) is 7.79. The summed E-state index contributed by atoms with van der Waals surface area (Å²) < 4.78 is 12.7. The number of hydrogen-bond donors (Lipinski definition) is 1. The number of carboxylic acids is 1. The zero-order valence-electron chi connectivity index (χ0n) is 19.0. The standard InChI is InChI=1S/C29H22INO4/c1-2-34-27-15-20(13-25(17-31)23-11-10-21-7-3-4-8-22(21)16-23)14-26(30)28(27)35-18-19-6-5-9-24(12-19)29(32)33/h3-16H,2,18H2,1H3,(H,32,33)/b25-13-. The van der Waals surface area contributed by atoms with E-state index < -0.39 is 5.97 Å². The van der Waals surface area contributed by atoms with Crippen molar-refractivity contribution in [2.24, 2.45) is 0 Å². The van der Waals surface area contributed by atoms with Crippen molar-refractivity contribution < 1.29 is 19.4 Å². The Kier molecular flexibility index (Phi) is 7.68. The van der Waals surface area contributed by atoms with Gasteiger partial charge in [0, 0.05) is 0 Å². The summed E-state index contributed by atoms with van der Waals surface area (Å²) in [6.07, 6.45) is 1.84. The Morgan fingerprint density at radius 1 is 0.971 bits per heavy atom. The van der Waals surface area contributed by atoms with Gasteiger partial charge < -0.3 is 14.6 Å². The SMILES string of the molecule is CCOc1cc(/C=C(/C#N)c2ccc3ccccc3c2)cc(I)c1OCc1cccc(C(=O)O)c1. The van der Waals surface area contributed by atoms with Crippen molar-refractivity contribution in [1.29, 1.82) is 5.26 Å². The maximum atomic E-state index is 11.2. The minimum atomic E-state index is -0.979. The van der Waals surface area contributed by atoms with Crippen molar-refractivity contribution in [3.05, 3.63) is 105 Å². The van der Waals surface area contributed by atoms with Crippen LogP contribution >= 0.6 is 22.6 Å². The molecular weight excluding hydrogens is 553 g/mol. The van der Waals surface area contributed by atoms with Crippen LogP contribution in [0.5, 0.6) is 11.5 Å². The molecule has 4 aromatic carbocycles. The summed E-state index contributed by atoms with van der Waals surface area (Å²) in [5.74, 6) is 0.165. The Morgan fingerprint density at radius 2 is 1.77 bits per heavy atom. The van der Waals surface area contributed by atoms with E-state index in [4.69, 9.17) is 9.47 Å². The topological polar surface area (TPSA) is 79.5 Å². The summed E-state index contributed by atoms with van der Waals surface area (Å²) in [5, 5.41) is 21.3. The van der Waals surface area contributed by atoms with E-state index in [2.05, 4.69) is 28.7 Å². The van der Waals surface area contributed by atoms with Crippen molar-refractivity contribution in [2.45, 2.75) is 13.5 Å². The van der Waals surface area contributed by atoms with Crippen molar-refractivity contribution in [3.8, 4) is 17.6 Å². The average Bonchev–Trinajstić information content (AvgIpc) is 2.87. The predicted molar refractivity (Wildman–Crippen MR) is 145 cm³/mol. The summed E-state index contributed by atoms with van der Waals surface area (Å²) in [6.45, 7) is 2.54. The van der Waals surface area contributed by atoms with Gasteiger partial charge in [0.2, 0.25) is 0 Å². The van der Waals surface area contributed by atoms with Gasteiger partial charge in [-0.1, -0.05) is 48.5 Å². The van der Waals surface area contributed by atoms with Gasteiger partial charge in [-0.05, 0) is 93.4 Å². The molecule has 0 aliphatic rings. The van der Waals surface area contributed by atoms with Crippen LogP contribution in [0.15, 0.2) is 78.9 Å². The summed E-state index contributed by atoms with van der Waals surface area (Å²) >= 11 is 2.19. The molecule has 0 radical (unpaired) electrons. The van der Waals surface area contributed by atoms with Crippen LogP contribution in [-0.2, 0) is 6.61 Å². The highest BCUT2D eigenvalue weighted by Crippen LogP contribution is 2.36. The molecule has 0 aliphatic carbocycles. The first-order chi connectivity index (χ1) is 17.0. The summed E-state index contributed by atoms with van der Waals surface area (Å²) in [6, 6.07) is 26.8. The van der Waals surface area contributed by atoms with Gasteiger partial charge in [0.25, 0.3) is 0 Å². The molecule has 174 valence electrons. The quantitative estimate of drug-likeness (QED) is 0.137. The van der Waals surface area contributed by atoms with E-state index in [0.717, 1.165) is 31.0 Å². The largest absolute Gasteiger partial charge is 0.490 e. The van der Waals surface area contributed by atoms with Gasteiger partial charge in [0.05, 0.1) is 27.4 Å². The third kappa shape index (κ3) is 5.81. The predicted octanol–water partition coefficient (Wildman–Crippen LogP) is 7.18. The maximum Gasteiger partial charge on any atom is 0.335 e. The van der Waals surface area contributed by atoms with Gasteiger partial charge >= 0.3 is 5.97 Å². The van der Waals surface area contributed by atoms with E-state index in [-0.39, 0.29) is 12.2 Å². The van der Waals surface area contributed by atoms with Gasteiger partial charge in [-0.25, -0.2) is 4.79 Å². The summed E-state index contributed by atoms with van der Waals surface area (Å²) in [7, 11) is 0. The molecule has 0 unspecified atom stereocenters. The average molecular weight is 575 g/mol. The lowest BCUT2D eigenvalue weighted by atomic mass is 10.00. The van der Waals surface area contributed by atoms with Gasteiger partial charge in [0.15, 0.2) is 11.5 Å². The fourth-order valence-electron chi connectivity index (χ4n) is 3.73. The van der Waals surface area contributed by atoms with Crippen LogP contribution < -0.4 is 9.47 Å². The van der Waals surface area contributed by atoms with Gasteiger partial charge in [-0.15, -0.1) is 0 Å². The number of carboxylic acid groups (broad SMARTS) is 1. The number of benzene rings is 4. The highest BCUT2D eigenvalue weighted by atomic mass is 127. The first-order valence-electron chi connectivity index (χ1n) is 11.0. The van der Waals surface area contributed by atoms with Gasteiger partial charge in [-0.3, -0.25) is 0 Å². The zero-order chi connectivity index (χ0) is 24.8. The van der Waals surface area contributed by atoms with Crippen LogP contribution in [-0.4, -0.2) is 17.7 Å². The van der Waals surface area contributed by atoms with E-state index in [0.29, 0.717) is 23.7 Å². The Labute approximate surface area is 217 Å². The fraction of sp³-hybridized carbons (Fsp3) is 0.103. The number of ether oxygens (including phenoxy) is 2. The van der Waals surface area contributed by atoms with E-state index in [1.54, 1.807) is 18.2 Å². The molecule has 0 fully saturated rings. The van der Waals surface area contributed by atoms with Crippen LogP contribution in [0.2, 0.25) is 0 Å². The molecule has 0 amide bonds. The van der Waals surface area contributed by atoms with Crippen molar-refractivity contribution in [1.82, 2.24) is 0 Å². The Morgan fingerprint density at radius 3 is 2.51 bits per heavy atom. The molecule has 4 aromatic rings. The van der Waals surface area contributed by atoms with Crippen LogP contribution in [0, 0.1) is 14.9 Å². The van der Waals surface area contributed by atoms with E-state index in [1.807, 2.05) is 73.7 Å². The minimum Gasteiger partial charge on any atom is -0.490 e. The molecule has 1 N–H and O–H groups in total. The lowest BCUT2D eigenvalue weighted by Crippen LogP contribution is -2.03. The van der Waals surface area contributed by atoms with Gasteiger partial charge in [-0.2, -0.15) is 5.26 Å². The summed E-state index contributed by atoms with van der Waals surface area (Å²) in [5.41, 5.74) is 3.17. The molecule has 4 rings (SSSR count).